The average Bonchev–Trinajstić information content (AvgIpc) is 2.27. The number of hydrogen-bond acceptors (Lipinski definition) is 5. The molecule has 0 atom stereocenters. The van der Waals surface area contributed by atoms with Gasteiger partial charge in [-0.3, -0.25) is 0 Å². The van der Waals surface area contributed by atoms with Crippen LogP contribution in [0.3, 0.4) is 0 Å². The molecule has 2 heterocycles. The van der Waals surface area contributed by atoms with E-state index >= 15 is 0 Å². The van der Waals surface area contributed by atoms with E-state index in [2.05, 4.69) is 15.5 Å². The Bertz CT molecular complexity index is 242. The molecule has 60 valence electrons. The number of nitrogens with zero attached hydrogens (tertiary/aromatic N) is 2. The fraction of sp³-hybridized carbons (Fsp3) is 0.667. The normalized spacial score (nSPS) is 18.2. The number of hydrogen-bond donors (Lipinski definition) is 2. The molecule has 1 aromatic heterocycles. The molecule has 5 nitrogen and oxygen atoms in total. The van der Waals surface area contributed by atoms with Crippen molar-refractivity contribution < 1.29 is 4.42 Å². The molecule has 0 aliphatic carbocycles. The van der Waals surface area contributed by atoms with Crippen LogP contribution >= 0.6 is 0 Å². The summed E-state index contributed by atoms with van der Waals surface area (Å²) in [6.45, 7) is 2.09. The molecule has 1 saturated heterocycles. The van der Waals surface area contributed by atoms with Crippen LogP contribution in [-0.2, 0) is 6.42 Å². The fourth-order valence-corrected chi connectivity index (χ4v) is 1.09. The van der Waals surface area contributed by atoms with Gasteiger partial charge in [-0.15, -0.1) is 5.10 Å². The maximum absolute atomic E-state index is 5.26. The molecule has 0 bridgehead atoms. The summed E-state index contributed by atoms with van der Waals surface area (Å²) >= 11 is 0. The first-order chi connectivity index (χ1) is 5.34. The van der Waals surface area contributed by atoms with Crippen LogP contribution in [0.1, 0.15) is 5.89 Å². The third-order valence-corrected chi connectivity index (χ3v) is 1.81. The van der Waals surface area contributed by atoms with Gasteiger partial charge in [-0.1, -0.05) is 5.10 Å². The molecule has 11 heavy (non-hydrogen) atoms. The highest BCUT2D eigenvalue weighted by atomic mass is 16.4. The Balaban J connectivity index is 1.95. The Hall–Kier alpha value is -1.10. The van der Waals surface area contributed by atoms with E-state index < -0.39 is 0 Å². The van der Waals surface area contributed by atoms with Gasteiger partial charge in [-0.2, -0.15) is 0 Å². The Morgan fingerprint density at radius 3 is 2.82 bits per heavy atom. The Kier molecular flexibility index (Phi) is 1.50. The zero-order valence-corrected chi connectivity index (χ0v) is 6.08. The molecule has 0 amide bonds. The summed E-state index contributed by atoms with van der Waals surface area (Å²) in [5.74, 6) is 1.30. The number of nitrogen functional groups attached to an aromatic ring is 1. The van der Waals surface area contributed by atoms with Gasteiger partial charge in [0.15, 0.2) is 0 Å². The second-order valence-corrected chi connectivity index (χ2v) is 2.76. The van der Waals surface area contributed by atoms with Crippen LogP contribution in [-0.4, -0.2) is 23.3 Å². The van der Waals surface area contributed by atoms with Crippen LogP contribution in [0, 0.1) is 5.92 Å². The minimum atomic E-state index is 0.160. The van der Waals surface area contributed by atoms with Gasteiger partial charge in [-0.25, -0.2) is 0 Å². The summed E-state index contributed by atoms with van der Waals surface area (Å²) in [5, 5.41) is 10.5. The zero-order valence-electron chi connectivity index (χ0n) is 6.08. The topological polar surface area (TPSA) is 77.0 Å². The number of rotatable bonds is 2. The molecule has 0 saturated carbocycles. The lowest BCUT2D eigenvalue weighted by Crippen LogP contribution is -2.43. The lowest BCUT2D eigenvalue weighted by atomic mass is 10.00. The van der Waals surface area contributed by atoms with E-state index in [0.29, 0.717) is 11.8 Å². The van der Waals surface area contributed by atoms with Crippen LogP contribution in [0.5, 0.6) is 0 Å². The minimum absolute atomic E-state index is 0.160. The summed E-state index contributed by atoms with van der Waals surface area (Å²) in [4.78, 5) is 0. The highest BCUT2D eigenvalue weighted by Crippen LogP contribution is 2.11. The molecule has 1 aromatic rings. The van der Waals surface area contributed by atoms with Gasteiger partial charge in [-0.05, 0) is 19.0 Å². The first-order valence-electron chi connectivity index (χ1n) is 3.63. The summed E-state index contributed by atoms with van der Waals surface area (Å²) < 4.78 is 5.02. The molecule has 2 rings (SSSR count). The molecular weight excluding hydrogens is 144 g/mol. The van der Waals surface area contributed by atoms with Gasteiger partial charge in [0.25, 0.3) is 0 Å². The van der Waals surface area contributed by atoms with Crippen molar-refractivity contribution >= 4 is 6.01 Å². The van der Waals surface area contributed by atoms with E-state index in [4.69, 9.17) is 10.2 Å². The minimum Gasteiger partial charge on any atom is -0.408 e. The first-order valence-corrected chi connectivity index (χ1v) is 3.63. The average molecular weight is 154 g/mol. The Morgan fingerprint density at radius 2 is 2.36 bits per heavy atom. The van der Waals surface area contributed by atoms with Crippen LogP contribution in [0.25, 0.3) is 0 Å². The SMILES string of the molecule is Nc1nnc(CC2CNC2)o1. The Labute approximate surface area is 64.0 Å². The molecule has 0 spiro atoms. The predicted octanol–water partition coefficient (Wildman–Crippen LogP) is -0.586. The number of aromatic nitrogens is 2. The van der Waals surface area contributed by atoms with Gasteiger partial charge in [0.05, 0.1) is 0 Å². The van der Waals surface area contributed by atoms with Crippen molar-refractivity contribution in [3.8, 4) is 0 Å². The third-order valence-electron chi connectivity index (χ3n) is 1.81. The molecule has 5 heteroatoms. The van der Waals surface area contributed by atoms with E-state index in [1.54, 1.807) is 0 Å². The summed E-state index contributed by atoms with van der Waals surface area (Å²) in [6, 6.07) is 0.160. The van der Waals surface area contributed by atoms with Gasteiger partial charge in [0, 0.05) is 6.42 Å². The number of anilines is 1. The molecule has 0 unspecified atom stereocenters. The third kappa shape index (κ3) is 1.32. The number of nitrogens with one attached hydrogen (secondary N) is 1. The molecule has 0 aromatic carbocycles. The smallest absolute Gasteiger partial charge is 0.312 e. The quantitative estimate of drug-likeness (QED) is 0.595. The predicted molar refractivity (Wildman–Crippen MR) is 38.8 cm³/mol. The maximum atomic E-state index is 5.26. The molecular formula is C6H10N4O. The molecule has 3 N–H and O–H groups in total. The standard InChI is InChI=1S/C6H10N4O/c7-6-10-9-5(11-6)1-4-2-8-3-4/h4,8H,1-3H2,(H2,7,10). The van der Waals surface area contributed by atoms with Gasteiger partial charge >= 0.3 is 6.01 Å². The van der Waals surface area contributed by atoms with Crippen LogP contribution in [0.4, 0.5) is 6.01 Å². The second-order valence-electron chi connectivity index (χ2n) is 2.76. The van der Waals surface area contributed by atoms with Gasteiger partial charge in [0.2, 0.25) is 5.89 Å². The van der Waals surface area contributed by atoms with Crippen molar-refractivity contribution in [2.24, 2.45) is 5.92 Å². The van der Waals surface area contributed by atoms with E-state index in [1.165, 1.54) is 0 Å². The maximum Gasteiger partial charge on any atom is 0.312 e. The molecule has 1 fully saturated rings. The van der Waals surface area contributed by atoms with E-state index in [-0.39, 0.29) is 6.01 Å². The fourth-order valence-electron chi connectivity index (χ4n) is 1.09. The molecule has 1 aliphatic heterocycles. The van der Waals surface area contributed by atoms with Crippen LogP contribution in [0.2, 0.25) is 0 Å². The lowest BCUT2D eigenvalue weighted by molar-refractivity contribution is 0.320. The van der Waals surface area contributed by atoms with Crippen molar-refractivity contribution in [3.05, 3.63) is 5.89 Å². The van der Waals surface area contributed by atoms with Crippen molar-refractivity contribution in [1.82, 2.24) is 15.5 Å². The van der Waals surface area contributed by atoms with E-state index in [9.17, 15) is 0 Å². The Morgan fingerprint density at radius 1 is 1.55 bits per heavy atom. The molecule has 1 aliphatic rings. The summed E-state index contributed by atoms with van der Waals surface area (Å²) in [5.41, 5.74) is 5.26. The monoisotopic (exact) mass is 154 g/mol. The van der Waals surface area contributed by atoms with Crippen molar-refractivity contribution in [1.29, 1.82) is 0 Å². The van der Waals surface area contributed by atoms with Gasteiger partial charge < -0.3 is 15.5 Å². The van der Waals surface area contributed by atoms with Crippen LogP contribution in [0.15, 0.2) is 4.42 Å². The highest BCUT2D eigenvalue weighted by Gasteiger charge is 2.19. The first kappa shape index (κ1) is 6.60. The van der Waals surface area contributed by atoms with E-state index in [0.717, 1.165) is 19.5 Å². The summed E-state index contributed by atoms with van der Waals surface area (Å²) in [6.07, 6.45) is 0.844. The van der Waals surface area contributed by atoms with Crippen LogP contribution < -0.4 is 11.1 Å². The zero-order chi connectivity index (χ0) is 7.68. The highest BCUT2D eigenvalue weighted by molar-refractivity contribution is 5.05. The van der Waals surface area contributed by atoms with Crippen molar-refractivity contribution in [2.45, 2.75) is 6.42 Å². The second kappa shape index (κ2) is 2.50. The van der Waals surface area contributed by atoms with Crippen molar-refractivity contribution in [2.75, 3.05) is 18.8 Å². The largest absolute Gasteiger partial charge is 0.408 e. The van der Waals surface area contributed by atoms with E-state index in [1.807, 2.05) is 0 Å². The van der Waals surface area contributed by atoms with Gasteiger partial charge in [0.1, 0.15) is 0 Å². The summed E-state index contributed by atoms with van der Waals surface area (Å²) in [7, 11) is 0. The molecule has 0 radical (unpaired) electrons. The van der Waals surface area contributed by atoms with Crippen molar-refractivity contribution in [3.63, 3.8) is 0 Å². The lowest BCUT2D eigenvalue weighted by Gasteiger charge is -2.25. The number of nitrogens with two attached hydrogens (primary N) is 1.